The molecule has 0 amide bonds. The quantitative estimate of drug-likeness (QED) is 0.870. The van der Waals surface area contributed by atoms with Crippen molar-refractivity contribution in [3.05, 3.63) is 29.8 Å². The molecule has 0 aromatic heterocycles. The Hall–Kier alpha value is -1.06. The summed E-state index contributed by atoms with van der Waals surface area (Å²) in [5, 5.41) is 3.55. The van der Waals surface area contributed by atoms with Crippen LogP contribution in [-0.2, 0) is 4.74 Å². The number of hydrogen-bond acceptors (Lipinski definition) is 3. The van der Waals surface area contributed by atoms with Gasteiger partial charge in [-0.1, -0.05) is 19.1 Å². The van der Waals surface area contributed by atoms with Gasteiger partial charge in [-0.2, -0.15) is 0 Å². The molecule has 1 aliphatic heterocycles. The first kappa shape index (κ1) is 13.4. The molecule has 2 unspecified atom stereocenters. The number of rotatable bonds is 5. The van der Waals surface area contributed by atoms with E-state index in [0.29, 0.717) is 0 Å². The second-order valence-electron chi connectivity index (χ2n) is 5.03. The molecule has 0 bridgehead atoms. The fourth-order valence-electron chi connectivity index (χ4n) is 2.74. The van der Waals surface area contributed by atoms with Gasteiger partial charge in [-0.15, -0.1) is 0 Å². The van der Waals surface area contributed by atoms with Crippen LogP contribution in [0.1, 0.15) is 38.3 Å². The highest BCUT2D eigenvalue weighted by Gasteiger charge is 2.38. The van der Waals surface area contributed by atoms with Crippen molar-refractivity contribution >= 4 is 0 Å². The van der Waals surface area contributed by atoms with Gasteiger partial charge in [0.15, 0.2) is 0 Å². The van der Waals surface area contributed by atoms with Crippen molar-refractivity contribution in [1.82, 2.24) is 5.32 Å². The molecular formula is C15H23NO2. The van der Waals surface area contributed by atoms with Crippen molar-refractivity contribution in [2.24, 2.45) is 0 Å². The van der Waals surface area contributed by atoms with E-state index in [2.05, 4.69) is 31.3 Å². The highest BCUT2D eigenvalue weighted by Crippen LogP contribution is 2.38. The maximum Gasteiger partial charge on any atom is 0.119 e. The third-order valence-corrected chi connectivity index (χ3v) is 3.70. The molecule has 18 heavy (non-hydrogen) atoms. The summed E-state index contributed by atoms with van der Waals surface area (Å²) in [5.41, 5.74) is 1.13. The Morgan fingerprint density at radius 2 is 2.33 bits per heavy atom. The molecule has 1 aromatic carbocycles. The second kappa shape index (κ2) is 5.72. The van der Waals surface area contributed by atoms with Crippen LogP contribution in [-0.4, -0.2) is 25.9 Å². The smallest absolute Gasteiger partial charge is 0.119 e. The third kappa shape index (κ3) is 2.68. The Labute approximate surface area is 109 Å². The van der Waals surface area contributed by atoms with Crippen molar-refractivity contribution in [3.8, 4) is 5.75 Å². The minimum atomic E-state index is -0.109. The number of benzene rings is 1. The van der Waals surface area contributed by atoms with Gasteiger partial charge in [0.05, 0.1) is 18.8 Å². The maximum absolute atomic E-state index is 5.98. The zero-order valence-corrected chi connectivity index (χ0v) is 11.5. The van der Waals surface area contributed by atoms with Crippen molar-refractivity contribution in [2.75, 3.05) is 20.3 Å². The van der Waals surface area contributed by atoms with E-state index in [4.69, 9.17) is 9.47 Å². The fourth-order valence-corrected chi connectivity index (χ4v) is 2.74. The van der Waals surface area contributed by atoms with E-state index >= 15 is 0 Å². The van der Waals surface area contributed by atoms with Crippen molar-refractivity contribution in [3.63, 3.8) is 0 Å². The molecule has 1 fully saturated rings. The van der Waals surface area contributed by atoms with E-state index in [1.165, 1.54) is 5.56 Å². The molecule has 0 radical (unpaired) electrons. The monoisotopic (exact) mass is 249 g/mol. The zero-order valence-electron chi connectivity index (χ0n) is 11.5. The number of ether oxygens (including phenoxy) is 2. The lowest BCUT2D eigenvalue weighted by Gasteiger charge is -2.34. The predicted octanol–water partition coefficient (Wildman–Crippen LogP) is 2.91. The first-order valence-electron chi connectivity index (χ1n) is 6.71. The summed E-state index contributed by atoms with van der Waals surface area (Å²) >= 11 is 0. The molecule has 100 valence electrons. The van der Waals surface area contributed by atoms with E-state index in [-0.39, 0.29) is 11.6 Å². The van der Waals surface area contributed by atoms with Crippen LogP contribution in [0.3, 0.4) is 0 Å². The molecule has 1 aromatic rings. The van der Waals surface area contributed by atoms with Crippen LogP contribution in [0.5, 0.6) is 5.75 Å². The zero-order chi connectivity index (χ0) is 13.0. The average molecular weight is 249 g/mol. The lowest BCUT2D eigenvalue weighted by atomic mass is 9.87. The molecule has 0 aliphatic carbocycles. The molecule has 2 atom stereocenters. The van der Waals surface area contributed by atoms with Crippen LogP contribution in [0.2, 0.25) is 0 Å². The third-order valence-electron chi connectivity index (χ3n) is 3.70. The van der Waals surface area contributed by atoms with Gasteiger partial charge in [-0.05, 0) is 44.0 Å². The van der Waals surface area contributed by atoms with Crippen LogP contribution < -0.4 is 10.1 Å². The molecule has 3 heteroatoms. The van der Waals surface area contributed by atoms with Crippen LogP contribution in [0, 0.1) is 0 Å². The summed E-state index contributed by atoms with van der Waals surface area (Å²) in [6.45, 7) is 6.13. The van der Waals surface area contributed by atoms with E-state index in [0.717, 1.165) is 31.7 Å². The summed E-state index contributed by atoms with van der Waals surface area (Å²) in [6, 6.07) is 8.48. The van der Waals surface area contributed by atoms with Crippen LogP contribution in [0.25, 0.3) is 0 Å². The van der Waals surface area contributed by atoms with Crippen molar-refractivity contribution in [1.29, 1.82) is 0 Å². The summed E-state index contributed by atoms with van der Waals surface area (Å²) in [4.78, 5) is 0. The molecule has 0 saturated carbocycles. The van der Waals surface area contributed by atoms with Gasteiger partial charge in [-0.25, -0.2) is 0 Å². The Kier molecular flexibility index (Phi) is 4.25. The van der Waals surface area contributed by atoms with Crippen LogP contribution in [0.4, 0.5) is 0 Å². The summed E-state index contributed by atoms with van der Waals surface area (Å²) in [7, 11) is 1.70. The molecular weight excluding hydrogens is 226 g/mol. The fraction of sp³-hybridized carbons (Fsp3) is 0.600. The van der Waals surface area contributed by atoms with Gasteiger partial charge in [0.1, 0.15) is 5.75 Å². The van der Waals surface area contributed by atoms with Crippen LogP contribution >= 0.6 is 0 Å². The summed E-state index contributed by atoms with van der Waals surface area (Å²) in [5.74, 6) is 0.900. The average Bonchev–Trinajstić information content (AvgIpc) is 2.84. The number of nitrogens with one attached hydrogen (secondary N) is 1. The van der Waals surface area contributed by atoms with Crippen molar-refractivity contribution in [2.45, 2.75) is 38.3 Å². The van der Waals surface area contributed by atoms with E-state index in [1.54, 1.807) is 7.11 Å². The molecule has 1 saturated heterocycles. The molecule has 2 rings (SSSR count). The lowest BCUT2D eigenvalue weighted by Crippen LogP contribution is -2.41. The number of methoxy groups -OCH3 is 1. The van der Waals surface area contributed by atoms with Gasteiger partial charge >= 0.3 is 0 Å². The van der Waals surface area contributed by atoms with Gasteiger partial charge in [0.2, 0.25) is 0 Å². The lowest BCUT2D eigenvalue weighted by molar-refractivity contribution is -0.0121. The number of likely N-dealkylation sites (N-methyl/N-ethyl adjacent to an activating group) is 1. The Balaban J connectivity index is 2.28. The maximum atomic E-state index is 5.98. The predicted molar refractivity (Wildman–Crippen MR) is 73.0 cm³/mol. The molecule has 0 spiro atoms. The van der Waals surface area contributed by atoms with Crippen molar-refractivity contribution < 1.29 is 9.47 Å². The van der Waals surface area contributed by atoms with Gasteiger partial charge in [0.25, 0.3) is 0 Å². The summed E-state index contributed by atoms with van der Waals surface area (Å²) in [6.07, 6.45) is 2.24. The topological polar surface area (TPSA) is 30.5 Å². The van der Waals surface area contributed by atoms with Gasteiger partial charge in [0, 0.05) is 6.61 Å². The first-order valence-corrected chi connectivity index (χ1v) is 6.71. The Bertz CT molecular complexity index is 386. The molecule has 1 N–H and O–H groups in total. The van der Waals surface area contributed by atoms with E-state index in [1.807, 2.05) is 12.1 Å². The van der Waals surface area contributed by atoms with Crippen LogP contribution in [0.15, 0.2) is 24.3 Å². The second-order valence-corrected chi connectivity index (χ2v) is 5.03. The first-order chi connectivity index (χ1) is 8.69. The van der Waals surface area contributed by atoms with Gasteiger partial charge < -0.3 is 14.8 Å². The molecule has 1 aliphatic rings. The molecule has 3 nitrogen and oxygen atoms in total. The number of hydrogen-bond donors (Lipinski definition) is 1. The Morgan fingerprint density at radius 1 is 1.50 bits per heavy atom. The minimum absolute atomic E-state index is 0.109. The Morgan fingerprint density at radius 3 is 2.94 bits per heavy atom. The largest absolute Gasteiger partial charge is 0.497 e. The normalized spacial score (nSPS) is 25.1. The SMILES string of the molecule is CCNC(c1cccc(OC)c1)C1(C)CCCO1. The van der Waals surface area contributed by atoms with Gasteiger partial charge in [-0.3, -0.25) is 0 Å². The van der Waals surface area contributed by atoms with E-state index in [9.17, 15) is 0 Å². The molecule has 1 heterocycles. The van der Waals surface area contributed by atoms with E-state index < -0.39 is 0 Å². The summed E-state index contributed by atoms with van der Waals surface area (Å²) < 4.78 is 11.3. The highest BCUT2D eigenvalue weighted by molar-refractivity contribution is 5.32. The highest BCUT2D eigenvalue weighted by atomic mass is 16.5. The standard InChI is InChI=1S/C15H23NO2/c1-4-16-14(15(2)9-6-10-18-15)12-7-5-8-13(11-12)17-3/h5,7-8,11,14,16H,4,6,9-10H2,1-3H3. The minimum Gasteiger partial charge on any atom is -0.497 e.